The summed E-state index contributed by atoms with van der Waals surface area (Å²) in [6.07, 6.45) is -6.83. The molecule has 0 atom stereocenters. The number of hydrogen-bond acceptors (Lipinski definition) is 3. The topological polar surface area (TPSA) is 25.8 Å². The lowest BCUT2D eigenvalue weighted by Crippen LogP contribution is -2.59. The van der Waals surface area contributed by atoms with Gasteiger partial charge in [-0.25, -0.2) is 0 Å². The molecule has 12 heteroatoms. The Labute approximate surface area is 96.4 Å². The molecule has 0 spiro atoms. The Hall–Kier alpha value is -1.07. The average molecular weight is 304 g/mol. The van der Waals surface area contributed by atoms with Crippen molar-refractivity contribution in [1.82, 2.24) is 10.2 Å². The number of hydrogen-bond donors (Lipinski definition) is 0. The van der Waals surface area contributed by atoms with Gasteiger partial charge in [0.15, 0.2) is 5.01 Å². The molecule has 0 saturated heterocycles. The maximum Gasteiger partial charge on any atom is 0.460 e. The molecule has 2 nitrogen and oxygen atoms in total. The summed E-state index contributed by atoms with van der Waals surface area (Å²) in [6.45, 7) is 0. The maximum absolute atomic E-state index is 13.0. The standard InChI is InChI=1S/C6HF9N2S/c7-3(8,2-17-16-1-18-2)4(9,10)5(11,12)6(13,14)15/h1H. The first-order valence-electron chi connectivity index (χ1n) is 3.82. The Morgan fingerprint density at radius 2 is 1.33 bits per heavy atom. The van der Waals surface area contributed by atoms with E-state index in [4.69, 9.17) is 0 Å². The molecule has 0 fully saturated rings. The van der Waals surface area contributed by atoms with Crippen LogP contribution in [0.3, 0.4) is 0 Å². The van der Waals surface area contributed by atoms with E-state index in [9.17, 15) is 39.5 Å². The lowest BCUT2D eigenvalue weighted by atomic mass is 10.0. The first-order chi connectivity index (χ1) is 7.86. The van der Waals surface area contributed by atoms with Crippen molar-refractivity contribution in [2.75, 3.05) is 0 Å². The number of rotatable bonds is 3. The Morgan fingerprint density at radius 3 is 1.67 bits per heavy atom. The molecule has 0 saturated carbocycles. The maximum atomic E-state index is 13.0. The number of halogens is 9. The van der Waals surface area contributed by atoms with Crippen molar-refractivity contribution in [2.45, 2.75) is 23.9 Å². The van der Waals surface area contributed by atoms with Gasteiger partial charge >= 0.3 is 23.9 Å². The highest BCUT2D eigenvalue weighted by Gasteiger charge is 2.82. The molecule has 1 aromatic rings. The van der Waals surface area contributed by atoms with Gasteiger partial charge < -0.3 is 0 Å². The quantitative estimate of drug-likeness (QED) is 0.799. The normalized spacial score (nSPS) is 14.9. The van der Waals surface area contributed by atoms with Gasteiger partial charge in [-0.3, -0.25) is 0 Å². The lowest BCUT2D eigenvalue weighted by molar-refractivity contribution is -0.399. The SMILES string of the molecule is FC(F)(F)C(F)(F)C(F)(F)C(F)(F)c1nncs1. The third-order valence-corrected chi connectivity index (χ3v) is 2.53. The summed E-state index contributed by atoms with van der Waals surface area (Å²) in [5, 5.41) is 3.13. The van der Waals surface area contributed by atoms with Crippen LogP contribution in [0.5, 0.6) is 0 Å². The van der Waals surface area contributed by atoms with Gasteiger partial charge in [-0.05, 0) is 0 Å². The molecule has 0 aliphatic rings. The van der Waals surface area contributed by atoms with Gasteiger partial charge in [0.1, 0.15) is 5.51 Å². The van der Waals surface area contributed by atoms with E-state index < -0.39 is 29.0 Å². The molecule has 0 aromatic carbocycles. The van der Waals surface area contributed by atoms with Gasteiger partial charge in [0.2, 0.25) is 0 Å². The Morgan fingerprint density at radius 1 is 0.833 bits per heavy atom. The van der Waals surface area contributed by atoms with Crippen LogP contribution in [-0.4, -0.2) is 28.2 Å². The van der Waals surface area contributed by atoms with E-state index in [0.717, 1.165) is 0 Å². The van der Waals surface area contributed by atoms with Gasteiger partial charge in [0.05, 0.1) is 0 Å². The molecule has 0 amide bonds. The Kier molecular flexibility index (Phi) is 3.30. The van der Waals surface area contributed by atoms with E-state index >= 15 is 0 Å². The minimum absolute atomic E-state index is 0.269. The van der Waals surface area contributed by atoms with Crippen LogP contribution in [0.1, 0.15) is 5.01 Å². The van der Waals surface area contributed by atoms with Crippen LogP contribution in [0.2, 0.25) is 0 Å². The van der Waals surface area contributed by atoms with Crippen LogP contribution in [0, 0.1) is 0 Å². The first-order valence-corrected chi connectivity index (χ1v) is 4.70. The minimum Gasteiger partial charge on any atom is -0.192 e. The highest BCUT2D eigenvalue weighted by molar-refractivity contribution is 7.09. The average Bonchev–Trinajstić information content (AvgIpc) is 2.68. The minimum atomic E-state index is -6.91. The van der Waals surface area contributed by atoms with Crippen LogP contribution < -0.4 is 0 Å². The lowest BCUT2D eigenvalue weighted by Gasteiger charge is -2.32. The Bertz CT molecular complexity index is 409. The van der Waals surface area contributed by atoms with Crippen molar-refractivity contribution >= 4 is 11.3 Å². The predicted molar refractivity (Wildman–Crippen MR) is 39.8 cm³/mol. The van der Waals surface area contributed by atoms with E-state index in [1.807, 2.05) is 0 Å². The van der Waals surface area contributed by atoms with Crippen molar-refractivity contribution in [2.24, 2.45) is 0 Å². The second-order valence-electron chi connectivity index (χ2n) is 2.96. The largest absolute Gasteiger partial charge is 0.460 e. The molecule has 0 bridgehead atoms. The fourth-order valence-corrected chi connectivity index (χ4v) is 1.38. The summed E-state index contributed by atoms with van der Waals surface area (Å²) in [6, 6.07) is 0. The molecule has 0 unspecified atom stereocenters. The number of nitrogens with zero attached hydrogens (tertiary/aromatic N) is 2. The second kappa shape index (κ2) is 3.96. The summed E-state index contributed by atoms with van der Waals surface area (Å²) in [5.74, 6) is -19.4. The molecule has 1 aromatic heterocycles. The van der Waals surface area contributed by atoms with Crippen molar-refractivity contribution in [3.8, 4) is 0 Å². The summed E-state index contributed by atoms with van der Waals surface area (Å²) in [7, 11) is 0. The highest BCUT2D eigenvalue weighted by Crippen LogP contribution is 2.56. The van der Waals surface area contributed by atoms with E-state index in [0.29, 0.717) is 5.51 Å². The smallest absolute Gasteiger partial charge is 0.192 e. The fraction of sp³-hybridized carbons (Fsp3) is 0.667. The van der Waals surface area contributed by atoms with Gasteiger partial charge in [0, 0.05) is 0 Å². The van der Waals surface area contributed by atoms with Crippen molar-refractivity contribution in [1.29, 1.82) is 0 Å². The zero-order valence-electron chi connectivity index (χ0n) is 7.78. The summed E-state index contributed by atoms with van der Waals surface area (Å²) in [4.78, 5) is 0. The van der Waals surface area contributed by atoms with Crippen LogP contribution in [0.15, 0.2) is 5.51 Å². The molecule has 0 radical (unpaired) electrons. The molecule has 0 N–H and O–H groups in total. The number of aromatic nitrogens is 2. The second-order valence-corrected chi connectivity index (χ2v) is 3.80. The van der Waals surface area contributed by atoms with E-state index in [1.165, 1.54) is 0 Å². The van der Waals surface area contributed by atoms with E-state index in [2.05, 4.69) is 10.2 Å². The highest BCUT2D eigenvalue weighted by atomic mass is 32.1. The van der Waals surface area contributed by atoms with E-state index in [1.54, 1.807) is 0 Å². The zero-order chi connectivity index (χ0) is 14.4. The van der Waals surface area contributed by atoms with Crippen LogP contribution in [0.4, 0.5) is 39.5 Å². The molecular weight excluding hydrogens is 303 g/mol. The summed E-state index contributed by atoms with van der Waals surface area (Å²) >= 11 is -0.269. The van der Waals surface area contributed by atoms with Gasteiger partial charge in [-0.15, -0.1) is 10.2 Å². The third kappa shape index (κ3) is 1.91. The van der Waals surface area contributed by atoms with Gasteiger partial charge in [-0.1, -0.05) is 11.3 Å². The summed E-state index contributed by atoms with van der Waals surface area (Å²) in [5.41, 5.74) is 0.491. The Balaban J connectivity index is 3.30. The molecule has 18 heavy (non-hydrogen) atoms. The summed E-state index contributed by atoms with van der Waals surface area (Å²) < 4.78 is 111. The van der Waals surface area contributed by atoms with Crippen LogP contribution in [0.25, 0.3) is 0 Å². The molecule has 1 heterocycles. The first kappa shape index (κ1) is 15.0. The molecule has 0 aliphatic carbocycles. The van der Waals surface area contributed by atoms with Gasteiger partial charge in [-0.2, -0.15) is 39.5 Å². The molecular formula is C6HF9N2S. The van der Waals surface area contributed by atoms with Crippen LogP contribution in [-0.2, 0) is 5.92 Å². The molecule has 0 aliphatic heterocycles. The third-order valence-electron chi connectivity index (χ3n) is 1.77. The van der Waals surface area contributed by atoms with Crippen molar-refractivity contribution in [3.63, 3.8) is 0 Å². The zero-order valence-corrected chi connectivity index (χ0v) is 8.60. The van der Waals surface area contributed by atoms with Crippen molar-refractivity contribution in [3.05, 3.63) is 10.5 Å². The molecule has 104 valence electrons. The number of alkyl halides is 9. The van der Waals surface area contributed by atoms with Crippen LogP contribution >= 0.6 is 11.3 Å². The fourth-order valence-electron chi connectivity index (χ4n) is 0.819. The van der Waals surface area contributed by atoms with E-state index in [-0.39, 0.29) is 11.3 Å². The predicted octanol–water partition coefficient (Wildman–Crippen LogP) is 3.46. The molecule has 1 rings (SSSR count). The van der Waals surface area contributed by atoms with Crippen molar-refractivity contribution < 1.29 is 39.5 Å². The monoisotopic (exact) mass is 304 g/mol. The van der Waals surface area contributed by atoms with Gasteiger partial charge in [0.25, 0.3) is 0 Å².